The summed E-state index contributed by atoms with van der Waals surface area (Å²) in [5, 5.41) is 31.9. The van der Waals surface area contributed by atoms with Gasteiger partial charge in [0, 0.05) is 12.8 Å². The molecule has 3 fully saturated rings. The highest BCUT2D eigenvalue weighted by molar-refractivity contribution is 5.76. The third-order valence-electron chi connectivity index (χ3n) is 9.16. The average Bonchev–Trinajstić information content (AvgIpc) is 2.98. The van der Waals surface area contributed by atoms with Crippen LogP contribution in [0, 0.1) is 28.1 Å². The van der Waals surface area contributed by atoms with Crippen LogP contribution >= 0.6 is 0 Å². The SMILES string of the molecule is CC(=O)OCC1(O)CCC23CC1C=C2CCC1C(C)(C(=O)O)C(O)CCC13C. The number of fused-ring (bicyclic) bond motifs is 2. The van der Waals surface area contributed by atoms with Crippen LogP contribution in [0.4, 0.5) is 0 Å². The molecule has 0 radical (unpaired) electrons. The minimum absolute atomic E-state index is 0.0125. The van der Waals surface area contributed by atoms with Gasteiger partial charge in [-0.05, 0) is 68.6 Å². The zero-order valence-electron chi connectivity index (χ0n) is 17.0. The molecule has 6 nitrogen and oxygen atoms in total. The van der Waals surface area contributed by atoms with Crippen molar-refractivity contribution in [2.75, 3.05) is 6.61 Å². The summed E-state index contributed by atoms with van der Waals surface area (Å²) in [5.41, 5.74) is -1.19. The zero-order chi connectivity index (χ0) is 20.5. The quantitative estimate of drug-likeness (QED) is 0.504. The molecule has 4 aliphatic carbocycles. The first-order chi connectivity index (χ1) is 13.0. The highest BCUT2D eigenvalue weighted by Gasteiger charge is 2.69. The van der Waals surface area contributed by atoms with Gasteiger partial charge in [-0.1, -0.05) is 18.6 Å². The molecular weight excluding hydrogens is 360 g/mol. The molecule has 0 saturated heterocycles. The van der Waals surface area contributed by atoms with Crippen LogP contribution in [0.5, 0.6) is 0 Å². The van der Waals surface area contributed by atoms with Crippen molar-refractivity contribution in [3.8, 4) is 0 Å². The van der Waals surface area contributed by atoms with Gasteiger partial charge in [0.25, 0.3) is 0 Å². The van der Waals surface area contributed by atoms with Crippen molar-refractivity contribution in [3.63, 3.8) is 0 Å². The molecule has 156 valence electrons. The number of aliphatic carboxylic acids is 1. The Kier molecular flexibility index (Phi) is 4.30. The summed E-state index contributed by atoms with van der Waals surface area (Å²) in [4.78, 5) is 23.5. The predicted octanol–water partition coefficient (Wildman–Crippen LogP) is 2.67. The molecule has 0 aromatic heterocycles. The summed E-state index contributed by atoms with van der Waals surface area (Å²) >= 11 is 0. The third kappa shape index (κ3) is 2.34. The van der Waals surface area contributed by atoms with Crippen molar-refractivity contribution in [2.24, 2.45) is 28.1 Å². The topological polar surface area (TPSA) is 104 Å². The lowest BCUT2D eigenvalue weighted by Crippen LogP contribution is -2.63. The molecule has 4 rings (SSSR count). The lowest BCUT2D eigenvalue weighted by atomic mass is 9.39. The first-order valence-electron chi connectivity index (χ1n) is 10.5. The maximum atomic E-state index is 12.2. The lowest BCUT2D eigenvalue weighted by Gasteiger charge is -2.65. The van der Waals surface area contributed by atoms with Gasteiger partial charge in [0.1, 0.15) is 12.2 Å². The van der Waals surface area contributed by atoms with Gasteiger partial charge in [-0.3, -0.25) is 9.59 Å². The van der Waals surface area contributed by atoms with Crippen molar-refractivity contribution in [1.29, 1.82) is 0 Å². The number of carbonyl (C=O) groups is 2. The number of rotatable bonds is 3. The van der Waals surface area contributed by atoms with Crippen LogP contribution in [-0.4, -0.2) is 45.6 Å². The molecule has 0 heterocycles. The van der Waals surface area contributed by atoms with Crippen LogP contribution in [-0.2, 0) is 14.3 Å². The van der Waals surface area contributed by atoms with Crippen LogP contribution < -0.4 is 0 Å². The zero-order valence-corrected chi connectivity index (χ0v) is 17.0. The molecule has 3 N–H and O–H groups in total. The summed E-state index contributed by atoms with van der Waals surface area (Å²) in [6.07, 6.45) is 6.31. The van der Waals surface area contributed by atoms with Gasteiger partial charge in [-0.15, -0.1) is 0 Å². The molecule has 3 saturated carbocycles. The van der Waals surface area contributed by atoms with Gasteiger partial charge in [0.05, 0.1) is 11.5 Å². The minimum Gasteiger partial charge on any atom is -0.481 e. The maximum absolute atomic E-state index is 12.2. The highest BCUT2D eigenvalue weighted by Crippen LogP contribution is 2.73. The average molecular weight is 392 g/mol. The molecule has 4 aliphatic rings. The Balaban J connectivity index is 1.70. The molecule has 0 aromatic rings. The predicted molar refractivity (Wildman–Crippen MR) is 101 cm³/mol. The number of carboxylic acid groups (broad SMARTS) is 1. The van der Waals surface area contributed by atoms with Crippen molar-refractivity contribution < 1.29 is 29.6 Å². The molecular formula is C22H32O6. The molecule has 7 unspecified atom stereocenters. The Labute approximate surface area is 166 Å². The Morgan fingerprint density at radius 2 is 1.93 bits per heavy atom. The first kappa shape index (κ1) is 19.9. The summed E-state index contributed by atoms with van der Waals surface area (Å²) in [6.45, 7) is 5.31. The second-order valence-corrected chi connectivity index (χ2v) is 10.1. The number of hydrogen-bond acceptors (Lipinski definition) is 5. The van der Waals surface area contributed by atoms with Gasteiger partial charge < -0.3 is 20.1 Å². The van der Waals surface area contributed by atoms with E-state index in [-0.39, 0.29) is 35.2 Å². The highest BCUT2D eigenvalue weighted by atomic mass is 16.5. The number of carbonyl (C=O) groups excluding carboxylic acids is 1. The fourth-order valence-corrected chi connectivity index (χ4v) is 7.39. The van der Waals surface area contributed by atoms with Crippen LogP contribution in [0.2, 0.25) is 0 Å². The second kappa shape index (κ2) is 6.05. The Hall–Kier alpha value is -1.40. The minimum atomic E-state index is -1.14. The Morgan fingerprint density at radius 3 is 2.57 bits per heavy atom. The molecule has 0 amide bonds. The van der Waals surface area contributed by atoms with Gasteiger partial charge >= 0.3 is 11.9 Å². The largest absolute Gasteiger partial charge is 0.481 e. The van der Waals surface area contributed by atoms with E-state index >= 15 is 0 Å². The smallest absolute Gasteiger partial charge is 0.312 e. The number of allylic oxidation sites excluding steroid dienone is 1. The van der Waals surface area contributed by atoms with Crippen LogP contribution in [0.1, 0.15) is 65.7 Å². The number of aliphatic hydroxyl groups is 2. The lowest BCUT2D eigenvalue weighted by molar-refractivity contribution is -0.203. The van der Waals surface area contributed by atoms with Gasteiger partial charge in [0.15, 0.2) is 0 Å². The van der Waals surface area contributed by atoms with E-state index < -0.39 is 23.1 Å². The number of ether oxygens (including phenoxy) is 1. The summed E-state index contributed by atoms with van der Waals surface area (Å²) in [6, 6.07) is 0. The molecule has 28 heavy (non-hydrogen) atoms. The van der Waals surface area contributed by atoms with Crippen molar-refractivity contribution in [1.82, 2.24) is 0 Å². The van der Waals surface area contributed by atoms with E-state index in [9.17, 15) is 24.9 Å². The third-order valence-corrected chi connectivity index (χ3v) is 9.16. The van der Waals surface area contributed by atoms with E-state index in [1.165, 1.54) is 12.5 Å². The van der Waals surface area contributed by atoms with E-state index in [2.05, 4.69) is 13.0 Å². The van der Waals surface area contributed by atoms with Gasteiger partial charge in [0.2, 0.25) is 0 Å². The van der Waals surface area contributed by atoms with Crippen molar-refractivity contribution in [3.05, 3.63) is 11.6 Å². The van der Waals surface area contributed by atoms with E-state index in [1.807, 2.05) is 0 Å². The molecule has 1 spiro atoms. The second-order valence-electron chi connectivity index (χ2n) is 10.1. The fourth-order valence-electron chi connectivity index (χ4n) is 7.39. The summed E-state index contributed by atoms with van der Waals surface area (Å²) < 4.78 is 5.17. The monoisotopic (exact) mass is 392 g/mol. The maximum Gasteiger partial charge on any atom is 0.312 e. The molecule has 7 atom stereocenters. The molecule has 0 aromatic carbocycles. The normalized spacial score (nSPS) is 49.6. The number of aliphatic hydroxyl groups excluding tert-OH is 1. The summed E-state index contributed by atoms with van der Waals surface area (Å²) in [7, 11) is 0. The van der Waals surface area contributed by atoms with E-state index in [0.29, 0.717) is 12.8 Å². The number of hydrogen-bond donors (Lipinski definition) is 3. The number of carboxylic acids is 1. The molecule has 0 aliphatic heterocycles. The van der Waals surface area contributed by atoms with Gasteiger partial charge in [-0.25, -0.2) is 0 Å². The van der Waals surface area contributed by atoms with Crippen molar-refractivity contribution in [2.45, 2.75) is 77.4 Å². The number of esters is 1. The van der Waals surface area contributed by atoms with Crippen LogP contribution in [0.15, 0.2) is 11.6 Å². The standard InChI is InChI=1S/C22H32O6/c1-13(23)28-12-22(27)9-8-21-11-15(22)10-14(21)4-5-16-19(21,2)7-6-17(24)20(16,3)18(25)26/h10,15-17,24,27H,4-9,11-12H2,1-3H3,(H,25,26). The van der Waals surface area contributed by atoms with E-state index in [0.717, 1.165) is 32.1 Å². The van der Waals surface area contributed by atoms with Crippen LogP contribution in [0.25, 0.3) is 0 Å². The van der Waals surface area contributed by atoms with Gasteiger partial charge in [-0.2, -0.15) is 0 Å². The summed E-state index contributed by atoms with van der Waals surface area (Å²) in [5.74, 6) is -1.47. The van der Waals surface area contributed by atoms with Crippen LogP contribution in [0.3, 0.4) is 0 Å². The Bertz CT molecular complexity index is 745. The van der Waals surface area contributed by atoms with E-state index in [4.69, 9.17) is 4.74 Å². The molecule has 2 bridgehead atoms. The fraction of sp³-hybridized carbons (Fsp3) is 0.818. The van der Waals surface area contributed by atoms with E-state index in [1.54, 1.807) is 6.92 Å². The molecule has 6 heteroatoms. The van der Waals surface area contributed by atoms with Crippen molar-refractivity contribution >= 4 is 11.9 Å². The Morgan fingerprint density at radius 1 is 1.21 bits per heavy atom. The first-order valence-corrected chi connectivity index (χ1v) is 10.5.